The predicted molar refractivity (Wildman–Crippen MR) is 104 cm³/mol. The molecular formula is C21H24N4O. The van der Waals surface area contributed by atoms with Crippen LogP contribution in [0, 0.1) is 13.8 Å². The molecule has 2 aromatic heterocycles. The van der Waals surface area contributed by atoms with Crippen molar-refractivity contribution in [2.24, 2.45) is 0 Å². The van der Waals surface area contributed by atoms with Gasteiger partial charge in [-0.1, -0.05) is 30.3 Å². The van der Waals surface area contributed by atoms with Gasteiger partial charge in [-0.25, -0.2) is 9.97 Å². The molecule has 0 saturated heterocycles. The lowest BCUT2D eigenvalue weighted by Crippen LogP contribution is -2.25. The van der Waals surface area contributed by atoms with Gasteiger partial charge in [-0.05, 0) is 44.9 Å². The van der Waals surface area contributed by atoms with E-state index in [9.17, 15) is 5.11 Å². The first-order chi connectivity index (χ1) is 12.5. The highest BCUT2D eigenvalue weighted by molar-refractivity contribution is 5.58. The van der Waals surface area contributed by atoms with E-state index in [1.807, 2.05) is 63.2 Å². The molecule has 3 rings (SSSR count). The van der Waals surface area contributed by atoms with Crippen LogP contribution >= 0.6 is 0 Å². The molecule has 26 heavy (non-hydrogen) atoms. The average molecular weight is 348 g/mol. The lowest BCUT2D eigenvalue weighted by Gasteiger charge is -2.24. The monoisotopic (exact) mass is 348 g/mol. The van der Waals surface area contributed by atoms with Crippen molar-refractivity contribution < 1.29 is 5.11 Å². The van der Waals surface area contributed by atoms with Gasteiger partial charge in [0.15, 0.2) is 5.82 Å². The zero-order valence-electron chi connectivity index (χ0n) is 15.4. The van der Waals surface area contributed by atoms with Crippen LogP contribution in [-0.4, -0.2) is 26.6 Å². The summed E-state index contributed by atoms with van der Waals surface area (Å²) >= 11 is 0. The second-order valence-corrected chi connectivity index (χ2v) is 6.66. The Hall–Kier alpha value is -2.79. The van der Waals surface area contributed by atoms with Gasteiger partial charge in [0.25, 0.3) is 0 Å². The Morgan fingerprint density at radius 1 is 1.04 bits per heavy atom. The molecule has 2 heterocycles. The first-order valence-electron chi connectivity index (χ1n) is 8.75. The highest BCUT2D eigenvalue weighted by Crippen LogP contribution is 2.25. The van der Waals surface area contributed by atoms with Crippen LogP contribution in [0.4, 0.5) is 5.82 Å². The molecule has 2 N–H and O–H groups in total. The second-order valence-electron chi connectivity index (χ2n) is 6.66. The van der Waals surface area contributed by atoms with Crippen LogP contribution < -0.4 is 5.32 Å². The van der Waals surface area contributed by atoms with Crippen LogP contribution in [0.15, 0.2) is 54.9 Å². The maximum absolute atomic E-state index is 10.7. The van der Waals surface area contributed by atoms with Gasteiger partial charge in [-0.2, -0.15) is 0 Å². The van der Waals surface area contributed by atoms with E-state index in [1.165, 1.54) is 0 Å². The van der Waals surface area contributed by atoms with Crippen molar-refractivity contribution in [3.63, 3.8) is 0 Å². The Balaban J connectivity index is 1.75. The molecular weight excluding hydrogens is 324 g/mol. The van der Waals surface area contributed by atoms with Crippen LogP contribution in [0.5, 0.6) is 0 Å². The van der Waals surface area contributed by atoms with Gasteiger partial charge in [0, 0.05) is 35.8 Å². The number of hydrogen-bond acceptors (Lipinski definition) is 5. The Labute approximate surface area is 154 Å². The standard InChI is InChI=1S/C21H24N4O/c1-15-16(2)24-20(17-8-7-12-22-14-17)25-19(15)23-13-11-21(3,26)18-9-5-4-6-10-18/h4-10,12,14,26H,11,13H2,1-3H3,(H,23,24,25). The van der Waals surface area contributed by atoms with Crippen molar-refractivity contribution in [2.45, 2.75) is 32.8 Å². The summed E-state index contributed by atoms with van der Waals surface area (Å²) in [7, 11) is 0. The average Bonchev–Trinajstić information content (AvgIpc) is 2.66. The summed E-state index contributed by atoms with van der Waals surface area (Å²) in [6, 6.07) is 13.5. The number of aryl methyl sites for hydroxylation is 1. The molecule has 0 fully saturated rings. The second kappa shape index (κ2) is 7.62. The smallest absolute Gasteiger partial charge is 0.163 e. The molecule has 5 heteroatoms. The summed E-state index contributed by atoms with van der Waals surface area (Å²) in [4.78, 5) is 13.4. The number of benzene rings is 1. The van der Waals surface area contributed by atoms with E-state index < -0.39 is 5.60 Å². The zero-order chi connectivity index (χ0) is 18.6. The molecule has 0 bridgehead atoms. The lowest BCUT2D eigenvalue weighted by molar-refractivity contribution is 0.0515. The zero-order valence-corrected chi connectivity index (χ0v) is 15.4. The Morgan fingerprint density at radius 3 is 2.50 bits per heavy atom. The molecule has 3 aromatic rings. The van der Waals surface area contributed by atoms with Gasteiger partial charge in [-0.3, -0.25) is 4.98 Å². The van der Waals surface area contributed by atoms with Gasteiger partial charge in [0.05, 0.1) is 5.60 Å². The van der Waals surface area contributed by atoms with Crippen LogP contribution in [0.3, 0.4) is 0 Å². The number of hydrogen-bond donors (Lipinski definition) is 2. The van der Waals surface area contributed by atoms with E-state index in [0.29, 0.717) is 18.8 Å². The fourth-order valence-corrected chi connectivity index (χ4v) is 2.79. The molecule has 0 aliphatic rings. The molecule has 0 saturated carbocycles. The molecule has 1 atom stereocenters. The van der Waals surface area contributed by atoms with Crippen LogP contribution in [0.1, 0.15) is 30.2 Å². The van der Waals surface area contributed by atoms with Crippen molar-refractivity contribution in [1.29, 1.82) is 0 Å². The van der Waals surface area contributed by atoms with Gasteiger partial charge in [-0.15, -0.1) is 0 Å². The summed E-state index contributed by atoms with van der Waals surface area (Å²) in [6.45, 7) is 6.41. The topological polar surface area (TPSA) is 70.9 Å². The Morgan fingerprint density at radius 2 is 1.81 bits per heavy atom. The molecule has 0 aliphatic heterocycles. The minimum absolute atomic E-state index is 0.571. The maximum atomic E-state index is 10.7. The third-order valence-corrected chi connectivity index (χ3v) is 4.61. The van der Waals surface area contributed by atoms with Gasteiger partial charge < -0.3 is 10.4 Å². The molecule has 0 radical (unpaired) electrons. The van der Waals surface area contributed by atoms with Crippen LogP contribution in [0.2, 0.25) is 0 Å². The first kappa shape index (κ1) is 18.0. The SMILES string of the molecule is Cc1nc(-c2cccnc2)nc(NCCC(C)(O)c2ccccc2)c1C. The number of anilines is 1. The van der Waals surface area contributed by atoms with Crippen molar-refractivity contribution in [2.75, 3.05) is 11.9 Å². The summed E-state index contributed by atoms with van der Waals surface area (Å²) in [6.07, 6.45) is 4.06. The van der Waals surface area contributed by atoms with E-state index in [2.05, 4.69) is 20.3 Å². The quantitative estimate of drug-likeness (QED) is 0.708. The third kappa shape index (κ3) is 4.06. The van der Waals surface area contributed by atoms with Crippen molar-refractivity contribution >= 4 is 5.82 Å². The van der Waals surface area contributed by atoms with Crippen LogP contribution in [0.25, 0.3) is 11.4 Å². The normalized spacial score (nSPS) is 13.2. The van der Waals surface area contributed by atoms with Gasteiger partial charge >= 0.3 is 0 Å². The first-order valence-corrected chi connectivity index (χ1v) is 8.75. The maximum Gasteiger partial charge on any atom is 0.163 e. The van der Waals surface area contributed by atoms with E-state index in [4.69, 9.17) is 0 Å². The summed E-state index contributed by atoms with van der Waals surface area (Å²) in [5.74, 6) is 1.44. The molecule has 0 spiro atoms. The van der Waals surface area contributed by atoms with E-state index in [0.717, 1.165) is 28.2 Å². The Kier molecular flexibility index (Phi) is 5.28. The highest BCUT2D eigenvalue weighted by Gasteiger charge is 2.22. The van der Waals surface area contributed by atoms with Gasteiger partial charge in [0.1, 0.15) is 5.82 Å². The molecule has 5 nitrogen and oxygen atoms in total. The van der Waals surface area contributed by atoms with Crippen LogP contribution in [-0.2, 0) is 5.60 Å². The fourth-order valence-electron chi connectivity index (χ4n) is 2.79. The molecule has 0 aliphatic carbocycles. The van der Waals surface area contributed by atoms with E-state index in [-0.39, 0.29) is 0 Å². The lowest BCUT2D eigenvalue weighted by atomic mass is 9.92. The van der Waals surface area contributed by atoms with Gasteiger partial charge in [0.2, 0.25) is 0 Å². The predicted octanol–water partition coefficient (Wildman–Crippen LogP) is 3.87. The van der Waals surface area contributed by atoms with E-state index >= 15 is 0 Å². The number of aliphatic hydroxyl groups is 1. The molecule has 1 aromatic carbocycles. The van der Waals surface area contributed by atoms with Crippen molar-refractivity contribution in [1.82, 2.24) is 15.0 Å². The number of aromatic nitrogens is 3. The minimum Gasteiger partial charge on any atom is -0.385 e. The summed E-state index contributed by atoms with van der Waals surface area (Å²) < 4.78 is 0. The number of nitrogens with zero attached hydrogens (tertiary/aromatic N) is 3. The summed E-state index contributed by atoms with van der Waals surface area (Å²) in [5, 5.41) is 14.1. The highest BCUT2D eigenvalue weighted by atomic mass is 16.3. The molecule has 0 amide bonds. The number of rotatable bonds is 6. The number of nitrogens with one attached hydrogen (secondary N) is 1. The van der Waals surface area contributed by atoms with Crippen molar-refractivity contribution in [3.8, 4) is 11.4 Å². The molecule has 134 valence electrons. The number of pyridine rings is 1. The minimum atomic E-state index is -0.892. The molecule has 1 unspecified atom stereocenters. The van der Waals surface area contributed by atoms with E-state index in [1.54, 1.807) is 12.4 Å². The fraction of sp³-hybridized carbons (Fsp3) is 0.286. The third-order valence-electron chi connectivity index (χ3n) is 4.61. The summed E-state index contributed by atoms with van der Waals surface area (Å²) in [5.41, 5.74) is 2.84. The largest absolute Gasteiger partial charge is 0.385 e. The van der Waals surface area contributed by atoms with Crippen molar-refractivity contribution in [3.05, 3.63) is 71.7 Å². The Bertz CT molecular complexity index is 864.